The van der Waals surface area contributed by atoms with Gasteiger partial charge in [-0.15, -0.1) is 0 Å². The van der Waals surface area contributed by atoms with E-state index in [1.807, 2.05) is 31.3 Å². The largest absolute Gasteiger partial charge is 0.496 e. The van der Waals surface area contributed by atoms with Crippen LogP contribution in [0, 0.1) is 6.92 Å². The molecule has 1 heterocycles. The van der Waals surface area contributed by atoms with Gasteiger partial charge in [-0.05, 0) is 25.0 Å². The van der Waals surface area contributed by atoms with E-state index >= 15 is 0 Å². The molecule has 0 aliphatic rings. The van der Waals surface area contributed by atoms with E-state index in [-0.39, 0.29) is 0 Å². The van der Waals surface area contributed by atoms with Crippen molar-refractivity contribution in [3.63, 3.8) is 0 Å². The van der Waals surface area contributed by atoms with Crippen LogP contribution in [0.4, 0.5) is 0 Å². The van der Waals surface area contributed by atoms with Gasteiger partial charge in [-0.3, -0.25) is 0 Å². The Morgan fingerprint density at radius 2 is 2.20 bits per heavy atom. The third-order valence-electron chi connectivity index (χ3n) is 3.39. The summed E-state index contributed by atoms with van der Waals surface area (Å²) in [7, 11) is 1.63. The summed E-state index contributed by atoms with van der Waals surface area (Å²) in [6.45, 7) is 5.06. The Balaban J connectivity index is 2.19. The number of aliphatic hydroxyl groups excluding tert-OH is 1. The van der Waals surface area contributed by atoms with Crippen molar-refractivity contribution in [3.8, 4) is 5.75 Å². The lowest BCUT2D eigenvalue weighted by Crippen LogP contribution is -2.10. The first-order chi connectivity index (χ1) is 9.65. The highest BCUT2D eigenvalue weighted by atomic mass is 16.5. The Morgan fingerprint density at radius 3 is 2.90 bits per heavy atom. The number of ether oxygens (including phenoxy) is 1. The quantitative estimate of drug-likeness (QED) is 0.881. The maximum atomic E-state index is 10.5. The van der Waals surface area contributed by atoms with Gasteiger partial charge in [-0.25, -0.2) is 4.98 Å². The summed E-state index contributed by atoms with van der Waals surface area (Å²) in [5, 5.41) is 10.5. The summed E-state index contributed by atoms with van der Waals surface area (Å²) in [6.07, 6.45) is 4.67. The molecule has 0 spiro atoms. The van der Waals surface area contributed by atoms with Crippen molar-refractivity contribution in [3.05, 3.63) is 47.5 Å². The van der Waals surface area contributed by atoms with Gasteiger partial charge in [0.05, 0.1) is 13.2 Å². The summed E-state index contributed by atoms with van der Waals surface area (Å²) in [6, 6.07) is 5.85. The molecule has 0 bridgehead atoms. The van der Waals surface area contributed by atoms with Gasteiger partial charge in [-0.2, -0.15) is 0 Å². The predicted molar refractivity (Wildman–Crippen MR) is 78.9 cm³/mol. The van der Waals surface area contributed by atoms with Crippen LogP contribution in [0.25, 0.3) is 0 Å². The second-order valence-corrected chi connectivity index (χ2v) is 5.00. The number of nitrogens with zero attached hydrogens (tertiary/aromatic N) is 2. The van der Waals surface area contributed by atoms with E-state index in [1.54, 1.807) is 13.3 Å². The number of methoxy groups -OCH3 is 1. The molecule has 1 N–H and O–H groups in total. The van der Waals surface area contributed by atoms with Crippen LogP contribution in [0.2, 0.25) is 0 Å². The van der Waals surface area contributed by atoms with Gasteiger partial charge in [-0.1, -0.05) is 19.1 Å². The molecule has 1 atom stereocenters. The first-order valence-corrected chi connectivity index (χ1v) is 6.98. The maximum absolute atomic E-state index is 10.5. The number of hydrogen-bond donors (Lipinski definition) is 1. The van der Waals surface area contributed by atoms with Crippen LogP contribution in [-0.4, -0.2) is 21.8 Å². The normalized spacial score (nSPS) is 12.4. The number of aliphatic hydroxyl groups is 1. The van der Waals surface area contributed by atoms with Gasteiger partial charge in [0.2, 0.25) is 0 Å². The van der Waals surface area contributed by atoms with Crippen molar-refractivity contribution in [2.24, 2.45) is 0 Å². The molecular formula is C16H22N2O2. The fourth-order valence-electron chi connectivity index (χ4n) is 2.35. The molecular weight excluding hydrogens is 252 g/mol. The summed E-state index contributed by atoms with van der Waals surface area (Å²) < 4.78 is 7.44. The van der Waals surface area contributed by atoms with Gasteiger partial charge < -0.3 is 14.4 Å². The lowest BCUT2D eigenvalue weighted by molar-refractivity contribution is 0.170. The summed E-state index contributed by atoms with van der Waals surface area (Å²) in [4.78, 5) is 4.34. The maximum Gasteiger partial charge on any atom is 0.124 e. The van der Waals surface area contributed by atoms with Crippen LogP contribution in [0.3, 0.4) is 0 Å². The summed E-state index contributed by atoms with van der Waals surface area (Å²) >= 11 is 0. The molecule has 0 fully saturated rings. The first-order valence-electron chi connectivity index (χ1n) is 6.98. The summed E-state index contributed by atoms with van der Waals surface area (Å²) in [5.74, 6) is 1.63. The minimum absolute atomic E-state index is 0.492. The second kappa shape index (κ2) is 6.57. The number of imidazole rings is 1. The Bertz CT molecular complexity index is 563. The number of aryl methyl sites for hydroxylation is 2. The topological polar surface area (TPSA) is 47.3 Å². The molecule has 0 amide bonds. The molecule has 4 nitrogen and oxygen atoms in total. The van der Waals surface area contributed by atoms with E-state index in [2.05, 4.69) is 16.5 Å². The molecule has 108 valence electrons. The SMILES string of the molecule is CCCn1ccnc1CC(O)c1ccc(C)cc1OC. The van der Waals surface area contributed by atoms with Crippen molar-refractivity contribution in [1.82, 2.24) is 9.55 Å². The molecule has 4 heteroatoms. The first kappa shape index (κ1) is 14.6. The zero-order valence-electron chi connectivity index (χ0n) is 12.3. The van der Waals surface area contributed by atoms with E-state index < -0.39 is 6.10 Å². The minimum atomic E-state index is -0.608. The molecule has 1 unspecified atom stereocenters. The number of rotatable bonds is 6. The van der Waals surface area contributed by atoms with Crippen molar-refractivity contribution in [2.45, 2.75) is 39.3 Å². The highest BCUT2D eigenvalue weighted by Gasteiger charge is 2.16. The van der Waals surface area contributed by atoms with Crippen LogP contribution in [-0.2, 0) is 13.0 Å². The van der Waals surface area contributed by atoms with E-state index in [1.165, 1.54) is 0 Å². The zero-order valence-corrected chi connectivity index (χ0v) is 12.3. The number of aromatic nitrogens is 2. The average molecular weight is 274 g/mol. The highest BCUT2D eigenvalue weighted by molar-refractivity contribution is 5.38. The van der Waals surface area contributed by atoms with Crippen LogP contribution in [0.1, 0.15) is 36.4 Å². The standard InChI is InChI=1S/C16H22N2O2/c1-4-8-18-9-7-17-16(18)11-14(19)13-6-5-12(2)10-15(13)20-3/h5-7,9-10,14,19H,4,8,11H2,1-3H3. The molecule has 1 aromatic heterocycles. The fraction of sp³-hybridized carbons (Fsp3) is 0.438. The highest BCUT2D eigenvalue weighted by Crippen LogP contribution is 2.28. The van der Waals surface area contributed by atoms with Crippen LogP contribution in [0.15, 0.2) is 30.6 Å². The van der Waals surface area contributed by atoms with Gasteiger partial charge in [0.1, 0.15) is 11.6 Å². The van der Waals surface area contributed by atoms with E-state index in [9.17, 15) is 5.11 Å². The van der Waals surface area contributed by atoms with Crippen molar-refractivity contribution < 1.29 is 9.84 Å². The molecule has 0 aliphatic heterocycles. The van der Waals surface area contributed by atoms with Crippen molar-refractivity contribution >= 4 is 0 Å². The molecule has 0 saturated carbocycles. The third-order valence-corrected chi connectivity index (χ3v) is 3.39. The summed E-state index contributed by atoms with van der Waals surface area (Å²) in [5.41, 5.74) is 1.93. The number of hydrogen-bond acceptors (Lipinski definition) is 3. The lowest BCUT2D eigenvalue weighted by Gasteiger charge is -2.16. The molecule has 2 rings (SSSR count). The van der Waals surface area contributed by atoms with E-state index in [0.717, 1.165) is 35.7 Å². The molecule has 0 aliphatic carbocycles. The van der Waals surface area contributed by atoms with E-state index in [0.29, 0.717) is 6.42 Å². The molecule has 1 aromatic carbocycles. The second-order valence-electron chi connectivity index (χ2n) is 5.00. The predicted octanol–water partition coefficient (Wildman–Crippen LogP) is 2.89. The Labute approximate surface area is 120 Å². The third kappa shape index (κ3) is 3.20. The Hall–Kier alpha value is -1.81. The van der Waals surface area contributed by atoms with Crippen LogP contribution < -0.4 is 4.74 Å². The minimum Gasteiger partial charge on any atom is -0.496 e. The van der Waals surface area contributed by atoms with Crippen molar-refractivity contribution in [2.75, 3.05) is 7.11 Å². The van der Waals surface area contributed by atoms with Crippen LogP contribution >= 0.6 is 0 Å². The van der Waals surface area contributed by atoms with Crippen LogP contribution in [0.5, 0.6) is 5.75 Å². The van der Waals surface area contributed by atoms with Gasteiger partial charge in [0, 0.05) is 30.9 Å². The average Bonchev–Trinajstić information content (AvgIpc) is 2.86. The van der Waals surface area contributed by atoms with Gasteiger partial charge in [0.25, 0.3) is 0 Å². The zero-order chi connectivity index (χ0) is 14.5. The molecule has 0 saturated heterocycles. The van der Waals surface area contributed by atoms with Gasteiger partial charge in [0.15, 0.2) is 0 Å². The van der Waals surface area contributed by atoms with Crippen molar-refractivity contribution in [1.29, 1.82) is 0 Å². The fourth-order valence-corrected chi connectivity index (χ4v) is 2.35. The smallest absolute Gasteiger partial charge is 0.124 e. The lowest BCUT2D eigenvalue weighted by atomic mass is 10.0. The molecule has 2 aromatic rings. The Morgan fingerprint density at radius 1 is 1.40 bits per heavy atom. The monoisotopic (exact) mass is 274 g/mol. The Kier molecular flexibility index (Phi) is 4.79. The van der Waals surface area contributed by atoms with Gasteiger partial charge >= 0.3 is 0 Å². The molecule has 20 heavy (non-hydrogen) atoms. The number of benzene rings is 1. The molecule has 0 radical (unpaired) electrons. The van der Waals surface area contributed by atoms with E-state index in [4.69, 9.17) is 4.74 Å².